The Morgan fingerprint density at radius 3 is 2.40 bits per heavy atom. The summed E-state index contributed by atoms with van der Waals surface area (Å²) in [6, 6.07) is 11.0. The standard InChI is InChI=1S/C27H48N2O/c1-7-9-20-29(6)26(24(4)16-19-28)27(5,8-2)18-15-23(3)17-21-30-22-25-13-11-10-12-14-25/h9-14,20,23-24,26H,7-8,15-19,21-22,28H2,1-6H3/b20-9+/t23-,24?,26+,27+/m0/s1. The van der Waals surface area contributed by atoms with Crippen LogP contribution in [0, 0.1) is 17.3 Å². The molecule has 0 bridgehead atoms. The van der Waals surface area contributed by atoms with Crippen LogP contribution in [0.25, 0.3) is 0 Å². The minimum atomic E-state index is 0.278. The second kappa shape index (κ2) is 14.6. The molecular formula is C27H48N2O. The molecule has 30 heavy (non-hydrogen) atoms. The molecule has 0 radical (unpaired) electrons. The van der Waals surface area contributed by atoms with Gasteiger partial charge in [-0.2, -0.15) is 0 Å². The highest BCUT2D eigenvalue weighted by atomic mass is 16.5. The molecule has 0 fully saturated rings. The Morgan fingerprint density at radius 2 is 1.80 bits per heavy atom. The Kier molecular flexibility index (Phi) is 13.0. The van der Waals surface area contributed by atoms with E-state index in [2.05, 4.69) is 83.1 Å². The number of nitrogens with two attached hydrogens (primary N) is 1. The van der Waals surface area contributed by atoms with E-state index < -0.39 is 0 Å². The van der Waals surface area contributed by atoms with Crippen LogP contribution in [-0.2, 0) is 11.3 Å². The van der Waals surface area contributed by atoms with E-state index in [0.717, 1.165) is 32.4 Å². The fourth-order valence-electron chi connectivity index (χ4n) is 4.67. The maximum atomic E-state index is 5.93. The molecule has 3 nitrogen and oxygen atoms in total. The van der Waals surface area contributed by atoms with Gasteiger partial charge in [-0.3, -0.25) is 0 Å². The van der Waals surface area contributed by atoms with Gasteiger partial charge in [0.1, 0.15) is 0 Å². The number of allylic oxidation sites excluding steroid dienone is 1. The van der Waals surface area contributed by atoms with Gasteiger partial charge in [-0.1, -0.05) is 77.4 Å². The summed E-state index contributed by atoms with van der Waals surface area (Å²) >= 11 is 0. The van der Waals surface area contributed by atoms with E-state index in [1.54, 1.807) is 0 Å². The van der Waals surface area contributed by atoms with Crippen molar-refractivity contribution in [3.05, 3.63) is 48.2 Å². The molecule has 2 N–H and O–H groups in total. The van der Waals surface area contributed by atoms with Gasteiger partial charge in [-0.05, 0) is 67.7 Å². The second-order valence-electron chi connectivity index (χ2n) is 9.44. The summed E-state index contributed by atoms with van der Waals surface area (Å²) in [6.45, 7) is 14.1. The Bertz CT molecular complexity index is 573. The molecule has 0 saturated carbocycles. The topological polar surface area (TPSA) is 38.5 Å². The number of hydrogen-bond donors (Lipinski definition) is 1. The molecule has 0 spiro atoms. The Morgan fingerprint density at radius 1 is 1.10 bits per heavy atom. The predicted octanol–water partition coefficient (Wildman–Crippen LogP) is 6.63. The Labute approximate surface area is 187 Å². The van der Waals surface area contributed by atoms with E-state index in [-0.39, 0.29) is 5.41 Å². The lowest BCUT2D eigenvalue weighted by Gasteiger charge is -2.46. The van der Waals surface area contributed by atoms with Crippen LogP contribution < -0.4 is 5.73 Å². The van der Waals surface area contributed by atoms with Crippen molar-refractivity contribution in [2.24, 2.45) is 23.0 Å². The largest absolute Gasteiger partial charge is 0.377 e. The third kappa shape index (κ3) is 9.22. The zero-order valence-electron chi connectivity index (χ0n) is 20.6. The van der Waals surface area contributed by atoms with Crippen LogP contribution in [0.3, 0.4) is 0 Å². The molecule has 172 valence electrons. The van der Waals surface area contributed by atoms with E-state index >= 15 is 0 Å². The van der Waals surface area contributed by atoms with Crippen molar-refractivity contribution in [2.75, 3.05) is 20.2 Å². The zero-order chi connectivity index (χ0) is 22.4. The highest BCUT2D eigenvalue weighted by molar-refractivity contribution is 5.13. The average molecular weight is 417 g/mol. The van der Waals surface area contributed by atoms with Crippen LogP contribution in [0.2, 0.25) is 0 Å². The molecule has 0 aliphatic heterocycles. The molecule has 0 aliphatic rings. The van der Waals surface area contributed by atoms with Gasteiger partial charge < -0.3 is 15.4 Å². The summed E-state index contributed by atoms with van der Waals surface area (Å²) in [5.41, 5.74) is 7.47. The Balaban J connectivity index is 2.61. The van der Waals surface area contributed by atoms with Crippen LogP contribution in [0.15, 0.2) is 42.6 Å². The Hall–Kier alpha value is -1.32. The first kappa shape index (κ1) is 26.7. The van der Waals surface area contributed by atoms with Gasteiger partial charge in [0.2, 0.25) is 0 Å². The van der Waals surface area contributed by atoms with Crippen LogP contribution >= 0.6 is 0 Å². The number of nitrogens with zero attached hydrogens (tertiary/aromatic N) is 1. The molecule has 1 aromatic rings. The maximum Gasteiger partial charge on any atom is 0.0716 e. The van der Waals surface area contributed by atoms with Crippen LogP contribution in [-0.4, -0.2) is 31.1 Å². The van der Waals surface area contributed by atoms with Gasteiger partial charge in [0, 0.05) is 19.7 Å². The van der Waals surface area contributed by atoms with E-state index in [4.69, 9.17) is 10.5 Å². The SMILES string of the molecule is CC/C=C/N(C)[C@H](C(C)CCN)[C@](C)(CC)CC[C@H](C)CCOCc1ccccc1. The monoisotopic (exact) mass is 416 g/mol. The lowest BCUT2D eigenvalue weighted by atomic mass is 9.69. The third-order valence-electron chi connectivity index (χ3n) is 6.77. The number of rotatable bonds is 16. The molecule has 1 unspecified atom stereocenters. The molecule has 0 heterocycles. The molecule has 0 aliphatic carbocycles. The molecule has 0 aromatic heterocycles. The summed E-state index contributed by atoms with van der Waals surface area (Å²) in [5, 5.41) is 0. The van der Waals surface area contributed by atoms with Crippen molar-refractivity contribution in [1.29, 1.82) is 0 Å². The van der Waals surface area contributed by atoms with E-state index in [9.17, 15) is 0 Å². The van der Waals surface area contributed by atoms with Gasteiger partial charge in [0.15, 0.2) is 0 Å². The summed E-state index contributed by atoms with van der Waals surface area (Å²) in [7, 11) is 2.25. The fourth-order valence-corrected chi connectivity index (χ4v) is 4.67. The van der Waals surface area contributed by atoms with Crippen LogP contribution in [0.5, 0.6) is 0 Å². The van der Waals surface area contributed by atoms with Gasteiger partial charge in [-0.15, -0.1) is 0 Å². The first-order valence-corrected chi connectivity index (χ1v) is 12.1. The van der Waals surface area contributed by atoms with Crippen molar-refractivity contribution in [3.63, 3.8) is 0 Å². The van der Waals surface area contributed by atoms with Gasteiger partial charge >= 0.3 is 0 Å². The fraction of sp³-hybridized carbons (Fsp3) is 0.704. The highest BCUT2D eigenvalue weighted by Crippen LogP contribution is 2.40. The van der Waals surface area contributed by atoms with E-state index in [1.165, 1.54) is 24.8 Å². The summed E-state index contributed by atoms with van der Waals surface area (Å²) in [6.07, 6.45) is 11.5. The molecule has 0 saturated heterocycles. The van der Waals surface area contributed by atoms with Crippen molar-refractivity contribution in [2.45, 2.75) is 85.8 Å². The minimum absolute atomic E-state index is 0.278. The normalized spacial score (nSPS) is 16.9. The first-order chi connectivity index (χ1) is 14.4. The zero-order valence-corrected chi connectivity index (χ0v) is 20.6. The second-order valence-corrected chi connectivity index (χ2v) is 9.44. The third-order valence-corrected chi connectivity index (χ3v) is 6.77. The van der Waals surface area contributed by atoms with Crippen LogP contribution in [0.1, 0.15) is 78.7 Å². The van der Waals surface area contributed by atoms with E-state index in [1.807, 2.05) is 6.07 Å². The highest BCUT2D eigenvalue weighted by Gasteiger charge is 2.37. The summed E-state index contributed by atoms with van der Waals surface area (Å²) < 4.78 is 5.92. The lowest BCUT2D eigenvalue weighted by molar-refractivity contribution is 0.0607. The van der Waals surface area contributed by atoms with Crippen molar-refractivity contribution >= 4 is 0 Å². The molecule has 1 aromatic carbocycles. The molecule has 0 amide bonds. The minimum Gasteiger partial charge on any atom is -0.377 e. The quantitative estimate of drug-likeness (QED) is 0.307. The number of ether oxygens (including phenoxy) is 1. The van der Waals surface area contributed by atoms with Gasteiger partial charge in [0.25, 0.3) is 0 Å². The summed E-state index contributed by atoms with van der Waals surface area (Å²) in [5.74, 6) is 1.25. The molecule has 4 atom stereocenters. The predicted molar refractivity (Wildman–Crippen MR) is 131 cm³/mol. The van der Waals surface area contributed by atoms with Crippen LogP contribution in [0.4, 0.5) is 0 Å². The van der Waals surface area contributed by atoms with Crippen molar-refractivity contribution in [1.82, 2.24) is 4.90 Å². The van der Waals surface area contributed by atoms with Crippen molar-refractivity contribution in [3.8, 4) is 0 Å². The molecular weight excluding hydrogens is 368 g/mol. The smallest absolute Gasteiger partial charge is 0.0716 e. The molecule has 3 heteroatoms. The van der Waals surface area contributed by atoms with Gasteiger partial charge in [-0.25, -0.2) is 0 Å². The number of hydrogen-bond acceptors (Lipinski definition) is 3. The first-order valence-electron chi connectivity index (χ1n) is 12.1. The van der Waals surface area contributed by atoms with E-state index in [0.29, 0.717) is 24.5 Å². The lowest BCUT2D eigenvalue weighted by Crippen LogP contribution is -2.47. The van der Waals surface area contributed by atoms with Gasteiger partial charge in [0.05, 0.1) is 6.61 Å². The average Bonchev–Trinajstić information content (AvgIpc) is 2.75. The molecule has 1 rings (SSSR count). The summed E-state index contributed by atoms with van der Waals surface area (Å²) in [4.78, 5) is 2.46. The van der Waals surface area contributed by atoms with Crippen molar-refractivity contribution < 1.29 is 4.74 Å². The number of benzene rings is 1. The maximum absolute atomic E-state index is 5.93.